The zero-order valence-electron chi connectivity index (χ0n) is 12.1. The summed E-state index contributed by atoms with van der Waals surface area (Å²) in [6.45, 7) is 2.06. The van der Waals surface area contributed by atoms with Gasteiger partial charge in [-0.15, -0.1) is 0 Å². The van der Waals surface area contributed by atoms with E-state index in [0.717, 1.165) is 37.4 Å². The van der Waals surface area contributed by atoms with Crippen LogP contribution in [-0.4, -0.2) is 13.2 Å². The minimum Gasteiger partial charge on any atom is -0.489 e. The van der Waals surface area contributed by atoms with E-state index >= 15 is 0 Å². The molecule has 110 valence electrons. The van der Waals surface area contributed by atoms with E-state index in [1.165, 1.54) is 5.56 Å². The molecule has 1 aliphatic rings. The van der Waals surface area contributed by atoms with Gasteiger partial charge in [-0.1, -0.05) is 42.5 Å². The predicted octanol–water partition coefficient (Wildman–Crippen LogP) is 3.23. The third-order valence-electron chi connectivity index (χ3n) is 4.06. The molecule has 0 amide bonds. The summed E-state index contributed by atoms with van der Waals surface area (Å²) < 4.78 is 11.2. The van der Waals surface area contributed by atoms with E-state index in [0.29, 0.717) is 6.61 Å². The van der Waals surface area contributed by atoms with E-state index in [1.54, 1.807) is 0 Å². The highest BCUT2D eigenvalue weighted by Crippen LogP contribution is 2.30. The van der Waals surface area contributed by atoms with Crippen LogP contribution in [0.5, 0.6) is 5.75 Å². The highest BCUT2D eigenvalue weighted by Gasteiger charge is 2.29. The van der Waals surface area contributed by atoms with Crippen LogP contribution in [0.25, 0.3) is 0 Å². The number of rotatable bonds is 4. The van der Waals surface area contributed by atoms with Crippen molar-refractivity contribution in [2.45, 2.75) is 25.0 Å². The number of benzene rings is 2. The summed E-state index contributed by atoms with van der Waals surface area (Å²) in [6.07, 6.45) is 1.74. The molecule has 2 aromatic carbocycles. The first-order valence-corrected chi connectivity index (χ1v) is 7.40. The smallest absolute Gasteiger partial charge is 0.119 e. The lowest BCUT2D eigenvalue weighted by atomic mass is 9.84. The van der Waals surface area contributed by atoms with Crippen molar-refractivity contribution in [3.8, 4) is 5.75 Å². The maximum atomic E-state index is 6.47. The van der Waals surface area contributed by atoms with Gasteiger partial charge >= 0.3 is 0 Å². The molecule has 3 nitrogen and oxygen atoms in total. The van der Waals surface area contributed by atoms with Gasteiger partial charge < -0.3 is 15.2 Å². The van der Waals surface area contributed by atoms with E-state index in [1.807, 2.05) is 30.3 Å². The van der Waals surface area contributed by atoms with Gasteiger partial charge in [-0.05, 0) is 36.1 Å². The molecule has 0 unspecified atom stereocenters. The van der Waals surface area contributed by atoms with Crippen molar-refractivity contribution in [3.63, 3.8) is 0 Å². The van der Waals surface area contributed by atoms with Crippen molar-refractivity contribution in [1.29, 1.82) is 0 Å². The summed E-state index contributed by atoms with van der Waals surface area (Å²) >= 11 is 0. The van der Waals surface area contributed by atoms with Gasteiger partial charge in [-0.3, -0.25) is 0 Å². The molecule has 21 heavy (non-hydrogen) atoms. The Hall–Kier alpha value is -1.84. The second-order valence-electron chi connectivity index (χ2n) is 5.57. The molecule has 0 bridgehead atoms. The van der Waals surface area contributed by atoms with Crippen LogP contribution in [0.1, 0.15) is 24.0 Å². The molecule has 1 fully saturated rings. The van der Waals surface area contributed by atoms with Crippen LogP contribution < -0.4 is 10.5 Å². The van der Waals surface area contributed by atoms with E-state index in [9.17, 15) is 0 Å². The van der Waals surface area contributed by atoms with Crippen molar-refractivity contribution < 1.29 is 9.47 Å². The Morgan fingerprint density at radius 2 is 1.62 bits per heavy atom. The lowest BCUT2D eigenvalue weighted by molar-refractivity contribution is 0.0522. The maximum Gasteiger partial charge on any atom is 0.119 e. The summed E-state index contributed by atoms with van der Waals surface area (Å²) in [7, 11) is 0. The van der Waals surface area contributed by atoms with Crippen LogP contribution in [0.15, 0.2) is 54.6 Å². The Labute approximate surface area is 125 Å². The van der Waals surface area contributed by atoms with Crippen LogP contribution >= 0.6 is 0 Å². The van der Waals surface area contributed by atoms with Crippen molar-refractivity contribution >= 4 is 0 Å². The van der Waals surface area contributed by atoms with Gasteiger partial charge in [0.05, 0.1) is 0 Å². The third-order valence-corrected chi connectivity index (χ3v) is 4.06. The molecule has 0 atom stereocenters. The first-order valence-electron chi connectivity index (χ1n) is 7.40. The van der Waals surface area contributed by atoms with Crippen molar-refractivity contribution in [2.24, 2.45) is 5.73 Å². The first kappa shape index (κ1) is 14.1. The highest BCUT2D eigenvalue weighted by atomic mass is 16.5. The van der Waals surface area contributed by atoms with E-state index in [2.05, 4.69) is 24.3 Å². The Morgan fingerprint density at radius 3 is 2.29 bits per heavy atom. The molecule has 0 spiro atoms. The normalized spacial score (nSPS) is 17.4. The second kappa shape index (κ2) is 6.29. The topological polar surface area (TPSA) is 44.5 Å². The summed E-state index contributed by atoms with van der Waals surface area (Å²) in [6, 6.07) is 18.3. The number of ether oxygens (including phenoxy) is 2. The fourth-order valence-electron chi connectivity index (χ4n) is 2.65. The van der Waals surface area contributed by atoms with Crippen LogP contribution in [0, 0.1) is 0 Å². The van der Waals surface area contributed by atoms with E-state index < -0.39 is 0 Å². The third kappa shape index (κ3) is 3.43. The average Bonchev–Trinajstić information content (AvgIpc) is 2.55. The van der Waals surface area contributed by atoms with E-state index in [4.69, 9.17) is 15.2 Å². The summed E-state index contributed by atoms with van der Waals surface area (Å²) in [4.78, 5) is 0. The highest BCUT2D eigenvalue weighted by molar-refractivity contribution is 5.32. The zero-order valence-corrected chi connectivity index (χ0v) is 12.1. The lowest BCUT2D eigenvalue weighted by Crippen LogP contribution is -2.42. The zero-order chi connectivity index (χ0) is 14.5. The second-order valence-corrected chi connectivity index (χ2v) is 5.57. The summed E-state index contributed by atoms with van der Waals surface area (Å²) in [5.41, 5.74) is 8.55. The Balaban J connectivity index is 1.64. The largest absolute Gasteiger partial charge is 0.489 e. The van der Waals surface area contributed by atoms with Crippen molar-refractivity contribution in [3.05, 3.63) is 65.7 Å². The number of hydrogen-bond acceptors (Lipinski definition) is 3. The van der Waals surface area contributed by atoms with E-state index in [-0.39, 0.29) is 5.54 Å². The minimum atomic E-state index is -0.254. The summed E-state index contributed by atoms with van der Waals surface area (Å²) in [5, 5.41) is 0. The first-order chi connectivity index (χ1) is 10.3. The molecule has 1 heterocycles. The average molecular weight is 283 g/mol. The van der Waals surface area contributed by atoms with Crippen LogP contribution in [0.3, 0.4) is 0 Å². The molecule has 0 radical (unpaired) electrons. The molecule has 1 aliphatic heterocycles. The van der Waals surface area contributed by atoms with Gasteiger partial charge in [0.25, 0.3) is 0 Å². The van der Waals surface area contributed by atoms with Crippen LogP contribution in [0.2, 0.25) is 0 Å². The fraction of sp³-hybridized carbons (Fsp3) is 0.333. The van der Waals surface area contributed by atoms with Gasteiger partial charge in [-0.2, -0.15) is 0 Å². The number of hydrogen-bond donors (Lipinski definition) is 1. The van der Waals surface area contributed by atoms with Crippen molar-refractivity contribution in [2.75, 3.05) is 13.2 Å². The van der Waals surface area contributed by atoms with Crippen LogP contribution in [0.4, 0.5) is 0 Å². The molecule has 3 rings (SSSR count). The van der Waals surface area contributed by atoms with Gasteiger partial charge in [0.2, 0.25) is 0 Å². The minimum absolute atomic E-state index is 0.254. The Morgan fingerprint density at radius 1 is 0.952 bits per heavy atom. The van der Waals surface area contributed by atoms with Gasteiger partial charge in [0.1, 0.15) is 12.4 Å². The standard InChI is InChI=1S/C18H21NO2/c19-18(10-12-20-13-11-18)16-6-8-17(9-7-16)21-14-15-4-2-1-3-5-15/h1-9H,10-14,19H2. The molecule has 0 aromatic heterocycles. The molecule has 0 saturated carbocycles. The molecular formula is C18H21NO2. The maximum absolute atomic E-state index is 6.47. The molecule has 2 N–H and O–H groups in total. The lowest BCUT2D eigenvalue weighted by Gasteiger charge is -2.33. The molecule has 2 aromatic rings. The van der Waals surface area contributed by atoms with Crippen LogP contribution in [-0.2, 0) is 16.9 Å². The van der Waals surface area contributed by atoms with Gasteiger partial charge in [0.15, 0.2) is 0 Å². The quantitative estimate of drug-likeness (QED) is 0.937. The molecule has 1 saturated heterocycles. The molecule has 3 heteroatoms. The molecular weight excluding hydrogens is 262 g/mol. The molecule has 0 aliphatic carbocycles. The summed E-state index contributed by atoms with van der Waals surface area (Å²) in [5.74, 6) is 0.873. The predicted molar refractivity (Wildman–Crippen MR) is 83.1 cm³/mol. The monoisotopic (exact) mass is 283 g/mol. The van der Waals surface area contributed by atoms with Gasteiger partial charge in [-0.25, -0.2) is 0 Å². The SMILES string of the molecule is NC1(c2ccc(OCc3ccccc3)cc2)CCOCC1. The van der Waals surface area contributed by atoms with Crippen molar-refractivity contribution in [1.82, 2.24) is 0 Å². The Bertz CT molecular complexity index is 560. The Kier molecular flexibility index (Phi) is 4.23. The number of nitrogens with two attached hydrogens (primary N) is 1. The fourth-order valence-corrected chi connectivity index (χ4v) is 2.65. The van der Waals surface area contributed by atoms with Gasteiger partial charge in [0, 0.05) is 18.8 Å².